The molecule has 2 fully saturated rings. The molecule has 1 unspecified atom stereocenters. The van der Waals surface area contributed by atoms with Crippen LogP contribution in [0.2, 0.25) is 0 Å². The van der Waals surface area contributed by atoms with Crippen molar-refractivity contribution in [3.63, 3.8) is 0 Å². The van der Waals surface area contributed by atoms with E-state index >= 15 is 0 Å². The first-order chi connectivity index (χ1) is 11.6. The van der Waals surface area contributed by atoms with Crippen LogP contribution in [0.25, 0.3) is 0 Å². The van der Waals surface area contributed by atoms with E-state index in [9.17, 15) is 14.7 Å². The van der Waals surface area contributed by atoms with Gasteiger partial charge in [0, 0.05) is 6.54 Å². The Morgan fingerprint density at radius 2 is 1.83 bits per heavy atom. The molecule has 2 amide bonds. The summed E-state index contributed by atoms with van der Waals surface area (Å²) in [7, 11) is 0. The minimum Gasteiger partial charge on any atom is -0.388 e. The highest BCUT2D eigenvalue weighted by atomic mass is 16.3. The van der Waals surface area contributed by atoms with Gasteiger partial charge >= 0.3 is 0 Å². The van der Waals surface area contributed by atoms with Crippen LogP contribution in [0, 0.1) is 5.92 Å². The maximum Gasteiger partial charge on any atom is 0.245 e. The molecule has 3 rings (SSSR count). The first kappa shape index (κ1) is 17.0. The van der Waals surface area contributed by atoms with E-state index in [4.69, 9.17) is 0 Å². The molecule has 5 nitrogen and oxygen atoms in total. The van der Waals surface area contributed by atoms with E-state index in [-0.39, 0.29) is 18.2 Å². The summed E-state index contributed by atoms with van der Waals surface area (Å²) in [5.74, 6) is 0.285. The number of benzene rings is 1. The molecule has 0 aliphatic heterocycles. The van der Waals surface area contributed by atoms with Crippen LogP contribution >= 0.6 is 0 Å². The smallest absolute Gasteiger partial charge is 0.245 e. The number of hydrogen-bond donors (Lipinski definition) is 3. The fraction of sp³-hybridized carbons (Fsp3) is 0.579. The molecular weight excluding hydrogens is 304 g/mol. The summed E-state index contributed by atoms with van der Waals surface area (Å²) >= 11 is 0. The Morgan fingerprint density at radius 3 is 2.46 bits per heavy atom. The molecule has 2 saturated carbocycles. The van der Waals surface area contributed by atoms with Crippen LogP contribution in [0.5, 0.6) is 0 Å². The van der Waals surface area contributed by atoms with Gasteiger partial charge in [-0.3, -0.25) is 9.59 Å². The van der Waals surface area contributed by atoms with Crippen molar-refractivity contribution in [2.24, 2.45) is 5.92 Å². The van der Waals surface area contributed by atoms with Crippen molar-refractivity contribution < 1.29 is 14.7 Å². The second-order valence-electron chi connectivity index (χ2n) is 7.12. The summed E-state index contributed by atoms with van der Waals surface area (Å²) in [6.07, 6.45) is 4.73. The quantitative estimate of drug-likeness (QED) is 0.716. The molecular formula is C19H26N2O3. The molecule has 130 valence electrons. The Bertz CT molecular complexity index is 578. The Balaban J connectivity index is 1.58. The fourth-order valence-corrected chi connectivity index (χ4v) is 3.40. The number of hydrogen-bond acceptors (Lipinski definition) is 3. The number of rotatable bonds is 7. The molecule has 1 aromatic rings. The number of aliphatic hydroxyl groups excluding tert-OH is 1. The zero-order chi connectivity index (χ0) is 17.0. The predicted octanol–water partition coefficient (Wildman–Crippen LogP) is 2.07. The normalized spacial score (nSPS) is 20.4. The molecule has 1 atom stereocenters. The third-order valence-corrected chi connectivity index (χ3v) is 5.08. The van der Waals surface area contributed by atoms with Gasteiger partial charge in [-0.05, 0) is 37.2 Å². The van der Waals surface area contributed by atoms with Crippen molar-refractivity contribution in [2.75, 3.05) is 6.54 Å². The van der Waals surface area contributed by atoms with Gasteiger partial charge in [-0.25, -0.2) is 0 Å². The lowest BCUT2D eigenvalue weighted by molar-refractivity contribution is -0.134. The molecule has 0 aromatic heterocycles. The van der Waals surface area contributed by atoms with E-state index < -0.39 is 11.6 Å². The van der Waals surface area contributed by atoms with Crippen molar-refractivity contribution in [1.82, 2.24) is 10.6 Å². The van der Waals surface area contributed by atoms with Crippen LogP contribution in [-0.2, 0) is 9.59 Å². The Labute approximate surface area is 142 Å². The lowest BCUT2D eigenvalue weighted by atomic mass is 9.95. The molecule has 0 saturated heterocycles. The lowest BCUT2D eigenvalue weighted by Crippen LogP contribution is -2.57. The van der Waals surface area contributed by atoms with Gasteiger partial charge in [-0.1, -0.05) is 43.2 Å². The van der Waals surface area contributed by atoms with Crippen LogP contribution in [0.1, 0.15) is 56.6 Å². The third kappa shape index (κ3) is 4.15. The van der Waals surface area contributed by atoms with Gasteiger partial charge in [0.2, 0.25) is 11.8 Å². The molecule has 0 heterocycles. The molecule has 0 bridgehead atoms. The summed E-state index contributed by atoms with van der Waals surface area (Å²) in [6, 6.07) is 9.13. The van der Waals surface area contributed by atoms with Crippen LogP contribution in [0.15, 0.2) is 30.3 Å². The number of nitrogens with one attached hydrogen (secondary N) is 2. The van der Waals surface area contributed by atoms with E-state index in [0.717, 1.165) is 12.8 Å². The SMILES string of the molecule is O=C(CC(O)c1ccccc1)NC1(C(=O)NCC2CC2)CCCC1. The molecule has 5 heteroatoms. The molecule has 2 aliphatic rings. The summed E-state index contributed by atoms with van der Waals surface area (Å²) in [5, 5.41) is 16.1. The summed E-state index contributed by atoms with van der Waals surface area (Å²) in [5.41, 5.74) is -0.0751. The van der Waals surface area contributed by atoms with Gasteiger partial charge in [0.05, 0.1) is 12.5 Å². The van der Waals surface area contributed by atoms with E-state index in [1.807, 2.05) is 18.2 Å². The highest BCUT2D eigenvalue weighted by Gasteiger charge is 2.42. The summed E-state index contributed by atoms with van der Waals surface area (Å²) < 4.78 is 0. The Hall–Kier alpha value is -1.88. The van der Waals surface area contributed by atoms with Crippen molar-refractivity contribution in [3.8, 4) is 0 Å². The number of carbonyl (C=O) groups excluding carboxylic acids is 2. The van der Waals surface area contributed by atoms with Crippen LogP contribution in [-0.4, -0.2) is 29.0 Å². The van der Waals surface area contributed by atoms with Gasteiger partial charge in [0.15, 0.2) is 0 Å². The number of amides is 2. The summed E-state index contributed by atoms with van der Waals surface area (Å²) in [6.45, 7) is 0.711. The van der Waals surface area contributed by atoms with Crippen molar-refractivity contribution >= 4 is 11.8 Å². The van der Waals surface area contributed by atoms with Crippen LogP contribution in [0.3, 0.4) is 0 Å². The number of carbonyl (C=O) groups is 2. The lowest BCUT2D eigenvalue weighted by Gasteiger charge is -2.29. The first-order valence-corrected chi connectivity index (χ1v) is 8.91. The minimum absolute atomic E-state index is 0.0261. The standard InChI is InChI=1S/C19H26N2O3/c22-16(15-6-2-1-3-7-15)12-17(23)21-19(10-4-5-11-19)18(24)20-13-14-8-9-14/h1-3,6-7,14,16,22H,4-5,8-13H2,(H,20,24)(H,21,23). The van der Waals surface area contributed by atoms with E-state index in [1.54, 1.807) is 12.1 Å². The average molecular weight is 330 g/mol. The maximum absolute atomic E-state index is 12.6. The average Bonchev–Trinajstić information content (AvgIpc) is 3.30. The van der Waals surface area contributed by atoms with Crippen molar-refractivity contribution in [3.05, 3.63) is 35.9 Å². The van der Waals surface area contributed by atoms with E-state index in [0.29, 0.717) is 30.9 Å². The highest BCUT2D eigenvalue weighted by molar-refractivity contribution is 5.92. The van der Waals surface area contributed by atoms with E-state index in [2.05, 4.69) is 10.6 Å². The van der Waals surface area contributed by atoms with Crippen LogP contribution < -0.4 is 10.6 Å². The second-order valence-corrected chi connectivity index (χ2v) is 7.12. The topological polar surface area (TPSA) is 78.4 Å². The van der Waals surface area contributed by atoms with Gasteiger partial charge in [-0.2, -0.15) is 0 Å². The van der Waals surface area contributed by atoms with Crippen molar-refractivity contribution in [2.45, 2.75) is 56.6 Å². The van der Waals surface area contributed by atoms with Gasteiger partial charge in [0.25, 0.3) is 0 Å². The Kier molecular flexibility index (Phi) is 5.19. The van der Waals surface area contributed by atoms with Gasteiger partial charge in [0.1, 0.15) is 5.54 Å². The monoisotopic (exact) mass is 330 g/mol. The molecule has 1 aromatic carbocycles. The Morgan fingerprint density at radius 1 is 1.17 bits per heavy atom. The molecule has 2 aliphatic carbocycles. The van der Waals surface area contributed by atoms with Crippen LogP contribution in [0.4, 0.5) is 0 Å². The molecule has 0 radical (unpaired) electrons. The molecule has 3 N–H and O–H groups in total. The van der Waals surface area contributed by atoms with Crippen molar-refractivity contribution in [1.29, 1.82) is 0 Å². The van der Waals surface area contributed by atoms with E-state index in [1.165, 1.54) is 12.8 Å². The zero-order valence-corrected chi connectivity index (χ0v) is 14.0. The fourth-order valence-electron chi connectivity index (χ4n) is 3.40. The highest BCUT2D eigenvalue weighted by Crippen LogP contribution is 2.32. The third-order valence-electron chi connectivity index (χ3n) is 5.08. The van der Waals surface area contributed by atoms with Gasteiger partial charge < -0.3 is 15.7 Å². The first-order valence-electron chi connectivity index (χ1n) is 8.91. The molecule has 0 spiro atoms. The summed E-state index contributed by atoms with van der Waals surface area (Å²) in [4.78, 5) is 25.0. The maximum atomic E-state index is 12.6. The largest absolute Gasteiger partial charge is 0.388 e. The zero-order valence-electron chi connectivity index (χ0n) is 14.0. The van der Waals surface area contributed by atoms with Gasteiger partial charge in [-0.15, -0.1) is 0 Å². The minimum atomic E-state index is -0.848. The predicted molar refractivity (Wildman–Crippen MR) is 91.1 cm³/mol. The number of aliphatic hydroxyl groups is 1. The second kappa shape index (κ2) is 7.34. The molecule has 24 heavy (non-hydrogen) atoms.